The third-order valence-corrected chi connectivity index (χ3v) is 6.56. The number of benzene rings is 1. The fraction of sp³-hybridized carbons (Fsp3) is 0.385. The van der Waals surface area contributed by atoms with Crippen LogP contribution in [0.25, 0.3) is 21.8 Å². The Morgan fingerprint density at radius 3 is 2.59 bits per heavy atom. The Labute approximate surface area is 207 Å². The van der Waals surface area contributed by atoms with Crippen LogP contribution < -0.4 is 5.32 Å². The van der Waals surface area contributed by atoms with Crippen LogP contribution in [-0.2, 0) is 14.4 Å². The van der Waals surface area contributed by atoms with Crippen LogP contribution in [0.15, 0.2) is 47.1 Å². The van der Waals surface area contributed by atoms with E-state index >= 15 is 0 Å². The summed E-state index contributed by atoms with van der Waals surface area (Å²) < 4.78 is 1.00. The number of H-pyrrole nitrogens is 1. The van der Waals surface area contributed by atoms with E-state index in [9.17, 15) is 14.4 Å². The second kappa shape index (κ2) is 10.5. The smallest absolute Gasteiger partial charge is 0.253 e. The number of carbonyl (C=O) groups is 3. The highest BCUT2D eigenvalue weighted by Crippen LogP contribution is 2.32. The van der Waals surface area contributed by atoms with Crippen molar-refractivity contribution in [3.05, 3.63) is 52.8 Å². The van der Waals surface area contributed by atoms with E-state index in [0.29, 0.717) is 31.7 Å². The summed E-state index contributed by atoms with van der Waals surface area (Å²) in [5.41, 5.74) is 2.83. The summed E-state index contributed by atoms with van der Waals surface area (Å²) in [6.07, 6.45) is 7.73. The zero-order chi connectivity index (χ0) is 24.2. The Balaban J connectivity index is 1.40. The van der Waals surface area contributed by atoms with Crippen molar-refractivity contribution in [2.24, 2.45) is 5.92 Å². The van der Waals surface area contributed by atoms with Gasteiger partial charge in [0, 0.05) is 52.1 Å². The van der Waals surface area contributed by atoms with Gasteiger partial charge in [-0.05, 0) is 43.4 Å². The number of rotatable bonds is 10. The molecule has 2 N–H and O–H groups in total. The van der Waals surface area contributed by atoms with Crippen LogP contribution in [0.3, 0.4) is 0 Å². The van der Waals surface area contributed by atoms with Crippen molar-refractivity contribution in [2.45, 2.75) is 52.0 Å². The lowest BCUT2D eigenvalue weighted by atomic mass is 9.98. The molecular formula is C26H29BrN4O3. The lowest BCUT2D eigenvalue weighted by Gasteiger charge is -2.21. The minimum atomic E-state index is -0.259. The number of aromatic nitrogens is 2. The Kier molecular flexibility index (Phi) is 7.46. The maximum atomic E-state index is 12.8. The molecule has 34 heavy (non-hydrogen) atoms. The van der Waals surface area contributed by atoms with Crippen LogP contribution in [0.4, 0.5) is 0 Å². The summed E-state index contributed by atoms with van der Waals surface area (Å²) in [7, 11) is 0. The van der Waals surface area contributed by atoms with Crippen molar-refractivity contribution in [2.75, 3.05) is 6.54 Å². The van der Waals surface area contributed by atoms with E-state index in [1.165, 1.54) is 17.1 Å². The highest BCUT2D eigenvalue weighted by atomic mass is 79.9. The lowest BCUT2D eigenvalue weighted by molar-refractivity contribution is -0.137. The number of hydrogen-bond acceptors (Lipinski definition) is 4. The van der Waals surface area contributed by atoms with Crippen LogP contribution in [0.5, 0.6) is 0 Å². The molecule has 0 bridgehead atoms. The predicted octanol–water partition coefficient (Wildman–Crippen LogP) is 5.17. The van der Waals surface area contributed by atoms with Gasteiger partial charge < -0.3 is 10.3 Å². The van der Waals surface area contributed by atoms with Crippen molar-refractivity contribution in [3.63, 3.8) is 0 Å². The maximum absolute atomic E-state index is 12.8. The van der Waals surface area contributed by atoms with Crippen LogP contribution in [-0.4, -0.2) is 39.1 Å². The zero-order valence-corrected chi connectivity index (χ0v) is 21.0. The lowest BCUT2D eigenvalue weighted by Crippen LogP contribution is -2.31. The third-order valence-electron chi connectivity index (χ3n) is 6.07. The van der Waals surface area contributed by atoms with Gasteiger partial charge in [0.15, 0.2) is 0 Å². The Bertz CT molecular complexity index is 1250. The minimum absolute atomic E-state index is 0.0155. The van der Waals surface area contributed by atoms with E-state index in [1.54, 1.807) is 0 Å². The monoisotopic (exact) mass is 524 g/mol. The molecule has 4 rings (SSSR count). The number of aromatic amines is 1. The van der Waals surface area contributed by atoms with Crippen molar-refractivity contribution in [1.29, 1.82) is 0 Å². The summed E-state index contributed by atoms with van der Waals surface area (Å²) in [5.74, 6) is -0.154. The Hall–Kier alpha value is -3.00. The molecule has 1 aromatic carbocycles. The number of unbranched alkanes of at least 4 members (excludes halogenated alkanes) is 2. The summed E-state index contributed by atoms with van der Waals surface area (Å²) in [5, 5.41) is 5.42. The molecule has 1 atom stereocenters. The number of nitrogens with zero attached hydrogens (tertiary/aromatic N) is 2. The number of imide groups is 1. The molecule has 7 nitrogen and oxygen atoms in total. The van der Waals surface area contributed by atoms with Crippen LogP contribution in [0, 0.1) is 5.92 Å². The van der Waals surface area contributed by atoms with Gasteiger partial charge in [-0.25, -0.2) is 0 Å². The summed E-state index contributed by atoms with van der Waals surface area (Å²) in [4.78, 5) is 45.4. The van der Waals surface area contributed by atoms with Gasteiger partial charge in [-0.15, -0.1) is 0 Å². The first-order valence-corrected chi connectivity index (χ1v) is 12.5. The van der Waals surface area contributed by atoms with Gasteiger partial charge in [0.1, 0.15) is 0 Å². The molecule has 178 valence electrons. The SMILES string of the molecule is CC(C)CC(NC(=O)CCCCCN1C(=O)C=CC1=O)c1nccc2c1[nH]c1cc(Br)ccc12. The van der Waals surface area contributed by atoms with Crippen LogP contribution in [0.2, 0.25) is 0 Å². The molecule has 0 aliphatic carbocycles. The van der Waals surface area contributed by atoms with Crippen molar-refractivity contribution < 1.29 is 14.4 Å². The molecule has 0 saturated heterocycles. The first-order chi connectivity index (χ1) is 16.3. The minimum Gasteiger partial charge on any atom is -0.353 e. The van der Waals surface area contributed by atoms with Crippen molar-refractivity contribution >= 4 is 55.5 Å². The fourth-order valence-electron chi connectivity index (χ4n) is 4.45. The molecule has 2 aromatic heterocycles. The number of pyridine rings is 1. The molecule has 0 radical (unpaired) electrons. The van der Waals surface area contributed by atoms with Gasteiger partial charge in [-0.2, -0.15) is 0 Å². The van der Waals surface area contributed by atoms with Gasteiger partial charge in [-0.3, -0.25) is 24.3 Å². The summed E-state index contributed by atoms with van der Waals surface area (Å²) in [6, 6.07) is 7.96. The number of nitrogens with one attached hydrogen (secondary N) is 2. The maximum Gasteiger partial charge on any atom is 0.253 e. The second-order valence-electron chi connectivity index (χ2n) is 9.16. The van der Waals surface area contributed by atoms with Crippen molar-refractivity contribution in [3.8, 4) is 0 Å². The largest absolute Gasteiger partial charge is 0.353 e. The average Bonchev–Trinajstić information content (AvgIpc) is 3.31. The topological polar surface area (TPSA) is 95.2 Å². The zero-order valence-electron chi connectivity index (χ0n) is 19.4. The molecular weight excluding hydrogens is 496 g/mol. The predicted molar refractivity (Wildman–Crippen MR) is 136 cm³/mol. The Morgan fingerprint density at radius 2 is 1.85 bits per heavy atom. The van der Waals surface area contributed by atoms with Crippen LogP contribution >= 0.6 is 15.9 Å². The van der Waals surface area contributed by atoms with Gasteiger partial charge in [-0.1, -0.05) is 42.3 Å². The van der Waals surface area contributed by atoms with Gasteiger partial charge in [0.2, 0.25) is 5.91 Å². The van der Waals surface area contributed by atoms with E-state index in [4.69, 9.17) is 0 Å². The standard InChI is InChI=1S/C26H29BrN4O3/c1-16(2)14-21(29-22(32)6-4-3-5-13-31-23(33)9-10-24(31)34)26-25-19(11-12-28-26)18-8-7-17(27)15-20(18)30-25/h7-12,15-16,21,30H,3-6,13-14H2,1-2H3,(H,29,32). The summed E-state index contributed by atoms with van der Waals surface area (Å²) in [6.45, 7) is 4.67. The Morgan fingerprint density at radius 1 is 1.09 bits per heavy atom. The van der Waals surface area contributed by atoms with E-state index in [-0.39, 0.29) is 23.8 Å². The second-order valence-corrected chi connectivity index (χ2v) is 10.1. The number of hydrogen-bond donors (Lipinski definition) is 2. The molecule has 0 saturated carbocycles. The van der Waals surface area contributed by atoms with E-state index in [1.807, 2.05) is 18.3 Å². The molecule has 0 spiro atoms. The van der Waals surface area contributed by atoms with Gasteiger partial charge >= 0.3 is 0 Å². The fourth-order valence-corrected chi connectivity index (χ4v) is 4.81. The molecule has 1 aliphatic rings. The van der Waals surface area contributed by atoms with Crippen molar-refractivity contribution in [1.82, 2.24) is 20.2 Å². The van der Waals surface area contributed by atoms with Gasteiger partial charge in [0.25, 0.3) is 11.8 Å². The van der Waals surface area contributed by atoms with Crippen LogP contribution in [0.1, 0.15) is 57.7 Å². The van der Waals surface area contributed by atoms with E-state index in [2.05, 4.69) is 57.2 Å². The van der Waals surface area contributed by atoms with E-state index < -0.39 is 0 Å². The van der Waals surface area contributed by atoms with E-state index in [0.717, 1.165) is 44.8 Å². The summed E-state index contributed by atoms with van der Waals surface area (Å²) >= 11 is 3.53. The molecule has 8 heteroatoms. The highest BCUT2D eigenvalue weighted by Gasteiger charge is 2.23. The molecule has 3 amide bonds. The average molecular weight is 525 g/mol. The quantitative estimate of drug-likeness (QED) is 0.282. The first kappa shape index (κ1) is 24.1. The highest BCUT2D eigenvalue weighted by molar-refractivity contribution is 9.10. The first-order valence-electron chi connectivity index (χ1n) is 11.7. The van der Waals surface area contributed by atoms with Gasteiger partial charge in [0.05, 0.1) is 17.3 Å². The molecule has 3 aromatic rings. The number of amides is 3. The molecule has 1 unspecified atom stereocenters. The third kappa shape index (κ3) is 5.38. The number of fused-ring (bicyclic) bond motifs is 3. The number of halogens is 1. The molecule has 1 aliphatic heterocycles. The number of carbonyl (C=O) groups excluding carboxylic acids is 3. The molecule has 0 fully saturated rings. The normalized spacial score (nSPS) is 14.6. The molecule has 3 heterocycles.